The second-order valence-electron chi connectivity index (χ2n) is 8.81. The van der Waals surface area contributed by atoms with Crippen molar-refractivity contribution in [1.29, 1.82) is 0 Å². The highest BCUT2D eigenvalue weighted by molar-refractivity contribution is 8.00. The second-order valence-corrected chi connectivity index (χ2v) is 10.1. The van der Waals surface area contributed by atoms with Gasteiger partial charge in [0.25, 0.3) is 0 Å². The first-order valence-electron chi connectivity index (χ1n) is 10.9. The average Bonchev–Trinajstić information content (AvgIpc) is 3.09. The quantitative estimate of drug-likeness (QED) is 0.588. The topological polar surface area (TPSA) is 65.2 Å². The van der Waals surface area contributed by atoms with E-state index in [9.17, 15) is 4.79 Å². The smallest absolute Gasteiger partial charge is 0.222 e. The van der Waals surface area contributed by atoms with E-state index in [2.05, 4.69) is 40.0 Å². The molecule has 1 saturated carbocycles. The molecule has 0 radical (unpaired) electrons. The first-order chi connectivity index (χ1) is 12.7. The van der Waals surface area contributed by atoms with Crippen molar-refractivity contribution < 1.29 is 4.79 Å². The fourth-order valence-corrected chi connectivity index (χ4v) is 7.21. The fourth-order valence-electron chi connectivity index (χ4n) is 5.41. The maximum atomic E-state index is 11.9. The molecule has 6 heteroatoms. The molecule has 7 atom stereocenters. The molecule has 3 heterocycles. The lowest BCUT2D eigenvalue weighted by Crippen LogP contribution is -2.62. The van der Waals surface area contributed by atoms with Crippen molar-refractivity contribution in [2.75, 3.05) is 18.8 Å². The predicted molar refractivity (Wildman–Crippen MR) is 108 cm³/mol. The Morgan fingerprint density at radius 2 is 2.08 bits per heavy atom. The number of thioether (sulfide) groups is 1. The molecule has 1 amide bonds. The molecule has 0 aromatic heterocycles. The van der Waals surface area contributed by atoms with Crippen LogP contribution in [-0.4, -0.2) is 48.4 Å². The van der Waals surface area contributed by atoms with Crippen molar-refractivity contribution in [3.05, 3.63) is 0 Å². The Kier molecular flexibility index (Phi) is 6.44. The number of nitrogens with one attached hydrogen (secondary N) is 4. The Morgan fingerprint density at radius 1 is 1.19 bits per heavy atom. The molecule has 0 bridgehead atoms. The number of carbonyl (C=O) groups is 1. The van der Waals surface area contributed by atoms with Gasteiger partial charge in [0.2, 0.25) is 5.91 Å². The van der Waals surface area contributed by atoms with E-state index >= 15 is 0 Å². The number of fused-ring (bicyclic) bond motifs is 1. The van der Waals surface area contributed by atoms with Gasteiger partial charge in [-0.1, -0.05) is 19.8 Å². The number of amides is 1. The zero-order chi connectivity index (χ0) is 17.9. The van der Waals surface area contributed by atoms with Gasteiger partial charge < -0.3 is 16.0 Å². The van der Waals surface area contributed by atoms with Gasteiger partial charge >= 0.3 is 0 Å². The van der Waals surface area contributed by atoms with Crippen molar-refractivity contribution in [2.45, 2.75) is 81.9 Å². The van der Waals surface area contributed by atoms with Gasteiger partial charge in [-0.3, -0.25) is 10.1 Å². The summed E-state index contributed by atoms with van der Waals surface area (Å²) in [4.78, 5) is 11.9. The summed E-state index contributed by atoms with van der Waals surface area (Å²) < 4.78 is 0. The Labute approximate surface area is 162 Å². The van der Waals surface area contributed by atoms with Crippen LogP contribution in [0.4, 0.5) is 0 Å². The molecule has 3 saturated heterocycles. The highest BCUT2D eigenvalue weighted by Gasteiger charge is 2.38. The van der Waals surface area contributed by atoms with E-state index in [0.717, 1.165) is 36.5 Å². The van der Waals surface area contributed by atoms with Gasteiger partial charge in [0.05, 0.1) is 12.3 Å². The molecule has 26 heavy (non-hydrogen) atoms. The number of hydrogen-bond acceptors (Lipinski definition) is 5. The van der Waals surface area contributed by atoms with E-state index in [0.29, 0.717) is 24.5 Å². The molecule has 1 aliphatic carbocycles. The van der Waals surface area contributed by atoms with Gasteiger partial charge in [-0.25, -0.2) is 0 Å². The third kappa shape index (κ3) is 4.40. The standard InChI is InChI=1S/C20H36N4OS/c1-2-15-9-19(25)24-20(23-15)13-7-8-18(21-10-13)22-11-14-12-26-17-6-4-3-5-16(14)17/h13-18,20-23H,2-12H2,1H3,(H,24,25). The molecule has 7 unspecified atom stereocenters. The largest absolute Gasteiger partial charge is 0.340 e. The van der Waals surface area contributed by atoms with Crippen LogP contribution in [0.25, 0.3) is 0 Å². The van der Waals surface area contributed by atoms with E-state index in [1.807, 2.05) is 0 Å². The molecule has 3 aliphatic heterocycles. The van der Waals surface area contributed by atoms with Crippen molar-refractivity contribution >= 4 is 17.7 Å². The summed E-state index contributed by atoms with van der Waals surface area (Å²) >= 11 is 2.23. The Hall–Kier alpha value is -0.300. The lowest BCUT2D eigenvalue weighted by atomic mass is 9.80. The van der Waals surface area contributed by atoms with Crippen LogP contribution in [0.1, 0.15) is 58.3 Å². The number of carbonyl (C=O) groups excluding carboxylic acids is 1. The van der Waals surface area contributed by atoms with Crippen molar-refractivity contribution in [2.24, 2.45) is 17.8 Å². The molecular weight excluding hydrogens is 344 g/mol. The molecule has 0 aromatic carbocycles. The fraction of sp³-hybridized carbons (Fsp3) is 0.950. The molecule has 4 rings (SSSR count). The van der Waals surface area contributed by atoms with Crippen LogP contribution in [0.2, 0.25) is 0 Å². The van der Waals surface area contributed by atoms with Gasteiger partial charge in [-0.05, 0) is 49.7 Å². The van der Waals surface area contributed by atoms with Crippen LogP contribution in [0, 0.1) is 17.8 Å². The molecule has 0 aromatic rings. The number of piperidine rings is 1. The monoisotopic (exact) mass is 380 g/mol. The van der Waals surface area contributed by atoms with Crippen molar-refractivity contribution in [3.8, 4) is 0 Å². The zero-order valence-electron chi connectivity index (χ0n) is 16.1. The molecule has 4 N–H and O–H groups in total. The van der Waals surface area contributed by atoms with Gasteiger partial charge in [0, 0.05) is 36.7 Å². The SMILES string of the molecule is CCC1CC(=O)NC(C2CCC(NCC3CSC4CCCCC34)NC2)N1. The van der Waals surface area contributed by atoms with Crippen molar-refractivity contribution in [3.63, 3.8) is 0 Å². The summed E-state index contributed by atoms with van der Waals surface area (Å²) in [5.74, 6) is 3.89. The predicted octanol–water partition coefficient (Wildman–Crippen LogP) is 2.04. The van der Waals surface area contributed by atoms with Gasteiger partial charge in [0.15, 0.2) is 0 Å². The van der Waals surface area contributed by atoms with Crippen LogP contribution in [0.3, 0.4) is 0 Å². The zero-order valence-corrected chi connectivity index (χ0v) is 17.0. The van der Waals surface area contributed by atoms with Crippen LogP contribution in [0.5, 0.6) is 0 Å². The number of rotatable bonds is 5. The van der Waals surface area contributed by atoms with Gasteiger partial charge in [-0.2, -0.15) is 11.8 Å². The molecule has 5 nitrogen and oxygen atoms in total. The highest BCUT2D eigenvalue weighted by atomic mass is 32.2. The van der Waals surface area contributed by atoms with Crippen LogP contribution >= 0.6 is 11.8 Å². The van der Waals surface area contributed by atoms with Gasteiger partial charge in [-0.15, -0.1) is 0 Å². The molecule has 0 spiro atoms. The first-order valence-corrected chi connectivity index (χ1v) is 11.9. The minimum Gasteiger partial charge on any atom is -0.340 e. The van der Waals surface area contributed by atoms with Crippen LogP contribution in [-0.2, 0) is 4.79 Å². The lowest BCUT2D eigenvalue weighted by molar-refractivity contribution is -0.125. The normalized spacial score (nSPS) is 43.7. The van der Waals surface area contributed by atoms with E-state index in [1.165, 1.54) is 44.4 Å². The molecule has 4 aliphatic rings. The minimum absolute atomic E-state index is 0.142. The molecular formula is C20H36N4OS. The van der Waals surface area contributed by atoms with E-state index in [4.69, 9.17) is 0 Å². The first kappa shape index (κ1) is 19.0. The summed E-state index contributed by atoms with van der Waals surface area (Å²) in [7, 11) is 0. The summed E-state index contributed by atoms with van der Waals surface area (Å²) in [6.45, 7) is 4.31. The summed E-state index contributed by atoms with van der Waals surface area (Å²) in [5.41, 5.74) is 0. The summed E-state index contributed by atoms with van der Waals surface area (Å²) in [6, 6.07) is 0.341. The molecule has 148 valence electrons. The Bertz CT molecular complexity index is 482. The Morgan fingerprint density at radius 3 is 2.88 bits per heavy atom. The maximum Gasteiger partial charge on any atom is 0.222 e. The van der Waals surface area contributed by atoms with Crippen LogP contribution in [0.15, 0.2) is 0 Å². The Balaban J connectivity index is 1.20. The maximum absolute atomic E-state index is 11.9. The van der Waals surface area contributed by atoms with E-state index < -0.39 is 0 Å². The van der Waals surface area contributed by atoms with Crippen molar-refractivity contribution in [1.82, 2.24) is 21.3 Å². The third-order valence-corrected chi connectivity index (χ3v) is 8.72. The second kappa shape index (κ2) is 8.80. The minimum atomic E-state index is 0.142. The van der Waals surface area contributed by atoms with Crippen LogP contribution < -0.4 is 21.3 Å². The third-order valence-electron chi connectivity index (χ3n) is 7.09. The molecule has 4 fully saturated rings. The highest BCUT2D eigenvalue weighted by Crippen LogP contribution is 2.45. The van der Waals surface area contributed by atoms with E-state index in [-0.39, 0.29) is 12.1 Å². The number of hydrogen-bond donors (Lipinski definition) is 4. The lowest BCUT2D eigenvalue weighted by Gasteiger charge is -2.40. The van der Waals surface area contributed by atoms with Gasteiger partial charge in [0.1, 0.15) is 0 Å². The van der Waals surface area contributed by atoms with E-state index in [1.54, 1.807) is 0 Å². The average molecular weight is 381 g/mol. The summed E-state index contributed by atoms with van der Waals surface area (Å²) in [6.07, 6.45) is 10.4. The summed E-state index contributed by atoms with van der Waals surface area (Å²) in [5, 5.41) is 15.3.